The lowest BCUT2D eigenvalue weighted by atomic mass is 10.3. The first kappa shape index (κ1) is 15.8. The molecule has 3 aromatic heterocycles. The number of aryl methyl sites for hydroxylation is 1. The largest absolute Gasteiger partial charge is 0.322 e. The van der Waals surface area contributed by atoms with Crippen LogP contribution in [0.25, 0.3) is 17.0 Å². The molecule has 126 valence electrons. The Balaban J connectivity index is 1.68. The highest BCUT2D eigenvalue weighted by Crippen LogP contribution is 2.18. The van der Waals surface area contributed by atoms with Gasteiger partial charge in [0.25, 0.3) is 5.56 Å². The number of halogens is 1. The predicted molar refractivity (Wildman–Crippen MR) is 102 cm³/mol. The highest BCUT2D eigenvalue weighted by atomic mass is 79.9. The number of hydrazone groups is 1. The van der Waals surface area contributed by atoms with Gasteiger partial charge in [0.1, 0.15) is 0 Å². The second kappa shape index (κ2) is 6.30. The average Bonchev–Trinajstić information content (AvgIpc) is 3.29. The van der Waals surface area contributed by atoms with E-state index in [1.807, 2.05) is 30.5 Å². The van der Waals surface area contributed by atoms with E-state index in [0.717, 1.165) is 15.5 Å². The first-order chi connectivity index (χ1) is 12.1. The molecule has 0 aliphatic carbocycles. The molecule has 8 nitrogen and oxygen atoms in total. The molecule has 0 fully saturated rings. The van der Waals surface area contributed by atoms with Crippen molar-refractivity contribution in [3.63, 3.8) is 0 Å². The summed E-state index contributed by atoms with van der Waals surface area (Å²) < 4.78 is 2.31. The summed E-state index contributed by atoms with van der Waals surface area (Å²) in [4.78, 5) is 24.3. The fourth-order valence-electron chi connectivity index (χ4n) is 2.37. The lowest BCUT2D eigenvalue weighted by Gasteiger charge is -1.93. The van der Waals surface area contributed by atoms with Gasteiger partial charge in [0.05, 0.1) is 22.8 Å². The van der Waals surface area contributed by atoms with Crippen LogP contribution in [0.3, 0.4) is 0 Å². The molecule has 0 unspecified atom stereocenters. The van der Waals surface area contributed by atoms with Crippen LogP contribution in [0.1, 0.15) is 11.3 Å². The lowest BCUT2D eigenvalue weighted by Crippen LogP contribution is -2.18. The standard InChI is InChI=1S/C15H12BrN7OS/c1-8-10(7-18-21-15-17-4-5-25-15)13(24)23(22-8)14-19-11-3-2-9(16)6-12(11)20-14/h2-7,22H,1H3,(H,17,21)(H,19,20)/b18-7+. The molecule has 0 atom stereocenters. The van der Waals surface area contributed by atoms with E-state index in [4.69, 9.17) is 0 Å². The quantitative estimate of drug-likeness (QED) is 0.350. The van der Waals surface area contributed by atoms with E-state index in [1.165, 1.54) is 22.2 Å². The minimum absolute atomic E-state index is 0.236. The Bertz CT molecular complexity index is 1120. The first-order valence-electron chi connectivity index (χ1n) is 7.27. The van der Waals surface area contributed by atoms with Crippen LogP contribution in [-0.4, -0.2) is 30.9 Å². The molecule has 3 N–H and O–H groups in total. The van der Waals surface area contributed by atoms with Crippen molar-refractivity contribution in [2.45, 2.75) is 6.92 Å². The molecule has 0 spiro atoms. The molecule has 0 saturated heterocycles. The van der Waals surface area contributed by atoms with Gasteiger partial charge in [0.2, 0.25) is 11.1 Å². The highest BCUT2D eigenvalue weighted by molar-refractivity contribution is 9.10. The fourth-order valence-corrected chi connectivity index (χ4v) is 3.20. The first-order valence-corrected chi connectivity index (χ1v) is 8.95. The number of thiazole rings is 1. The minimum atomic E-state index is -0.236. The topological polar surface area (TPSA) is 104 Å². The number of hydrogen-bond donors (Lipinski definition) is 3. The van der Waals surface area contributed by atoms with Crippen LogP contribution in [-0.2, 0) is 0 Å². The molecule has 0 bridgehead atoms. The monoisotopic (exact) mass is 417 g/mol. The van der Waals surface area contributed by atoms with Gasteiger partial charge in [0.15, 0.2) is 0 Å². The number of fused-ring (bicyclic) bond motifs is 1. The molecule has 0 saturated carbocycles. The zero-order valence-corrected chi connectivity index (χ0v) is 15.3. The number of aromatic nitrogens is 5. The summed E-state index contributed by atoms with van der Waals surface area (Å²) in [6.45, 7) is 1.81. The molecular formula is C15H12BrN7OS. The van der Waals surface area contributed by atoms with E-state index in [9.17, 15) is 4.79 Å². The number of anilines is 1. The zero-order chi connectivity index (χ0) is 17.4. The molecule has 0 aliphatic heterocycles. The van der Waals surface area contributed by atoms with Crippen molar-refractivity contribution in [2.24, 2.45) is 5.10 Å². The predicted octanol–water partition coefficient (Wildman–Crippen LogP) is 3.02. The van der Waals surface area contributed by atoms with Gasteiger partial charge in [-0.2, -0.15) is 9.78 Å². The second-order valence-corrected chi connectivity index (χ2v) is 7.03. The maximum atomic E-state index is 12.7. The second-order valence-electron chi connectivity index (χ2n) is 5.22. The Kier molecular flexibility index (Phi) is 3.98. The van der Waals surface area contributed by atoms with Crippen molar-refractivity contribution in [1.82, 2.24) is 24.7 Å². The van der Waals surface area contributed by atoms with E-state index in [1.54, 1.807) is 6.20 Å². The number of H-pyrrole nitrogens is 2. The van der Waals surface area contributed by atoms with Crippen LogP contribution in [0.15, 0.2) is 44.1 Å². The van der Waals surface area contributed by atoms with Crippen molar-refractivity contribution < 1.29 is 0 Å². The Morgan fingerprint density at radius 1 is 1.44 bits per heavy atom. The Labute approximate surface area is 153 Å². The van der Waals surface area contributed by atoms with Gasteiger partial charge in [-0.3, -0.25) is 15.3 Å². The van der Waals surface area contributed by atoms with Gasteiger partial charge in [-0.15, -0.1) is 11.3 Å². The summed E-state index contributed by atoms with van der Waals surface area (Å²) in [5.74, 6) is 0.425. The van der Waals surface area contributed by atoms with Crippen molar-refractivity contribution in [2.75, 3.05) is 5.43 Å². The van der Waals surface area contributed by atoms with E-state index in [0.29, 0.717) is 22.3 Å². The number of hydrogen-bond acceptors (Lipinski definition) is 6. The molecule has 4 rings (SSSR count). The number of rotatable bonds is 4. The summed E-state index contributed by atoms with van der Waals surface area (Å²) in [6.07, 6.45) is 3.16. The number of benzene rings is 1. The molecular weight excluding hydrogens is 406 g/mol. The summed E-state index contributed by atoms with van der Waals surface area (Å²) in [5, 5.41) is 9.58. The molecule has 0 aliphatic rings. The smallest absolute Gasteiger partial charge is 0.283 e. The number of nitrogens with zero attached hydrogens (tertiary/aromatic N) is 4. The van der Waals surface area contributed by atoms with Gasteiger partial charge in [-0.05, 0) is 25.1 Å². The Morgan fingerprint density at radius 2 is 2.32 bits per heavy atom. The molecule has 3 heterocycles. The molecule has 0 amide bonds. The molecule has 10 heteroatoms. The SMILES string of the molecule is Cc1[nH]n(-c2nc3ccc(Br)cc3[nH]2)c(=O)c1/C=N/Nc1nccs1. The molecule has 25 heavy (non-hydrogen) atoms. The van der Waals surface area contributed by atoms with Crippen molar-refractivity contribution >= 4 is 49.6 Å². The van der Waals surface area contributed by atoms with Crippen LogP contribution >= 0.6 is 27.3 Å². The van der Waals surface area contributed by atoms with Crippen LogP contribution in [0.4, 0.5) is 5.13 Å². The summed E-state index contributed by atoms with van der Waals surface area (Å²) in [7, 11) is 0. The average molecular weight is 418 g/mol. The van der Waals surface area contributed by atoms with Crippen molar-refractivity contribution in [3.8, 4) is 5.95 Å². The number of imidazole rings is 1. The Morgan fingerprint density at radius 3 is 3.12 bits per heavy atom. The normalized spacial score (nSPS) is 11.6. The molecule has 0 radical (unpaired) electrons. The van der Waals surface area contributed by atoms with Crippen molar-refractivity contribution in [1.29, 1.82) is 0 Å². The third-order valence-electron chi connectivity index (χ3n) is 3.55. The van der Waals surface area contributed by atoms with E-state index >= 15 is 0 Å². The van der Waals surface area contributed by atoms with Gasteiger partial charge in [-0.25, -0.2) is 9.97 Å². The Hall–Kier alpha value is -2.72. The fraction of sp³-hybridized carbons (Fsp3) is 0.0667. The van der Waals surface area contributed by atoms with Crippen LogP contribution < -0.4 is 11.0 Å². The third kappa shape index (κ3) is 3.01. The maximum Gasteiger partial charge on any atom is 0.283 e. The third-order valence-corrected chi connectivity index (χ3v) is 4.72. The number of aromatic amines is 2. The number of nitrogens with one attached hydrogen (secondary N) is 3. The van der Waals surface area contributed by atoms with Gasteiger partial charge in [-0.1, -0.05) is 15.9 Å². The lowest BCUT2D eigenvalue weighted by molar-refractivity contribution is 0.791. The van der Waals surface area contributed by atoms with E-state index < -0.39 is 0 Å². The van der Waals surface area contributed by atoms with Crippen LogP contribution in [0, 0.1) is 6.92 Å². The van der Waals surface area contributed by atoms with E-state index in [2.05, 4.69) is 46.5 Å². The van der Waals surface area contributed by atoms with Gasteiger partial charge >= 0.3 is 0 Å². The van der Waals surface area contributed by atoms with E-state index in [-0.39, 0.29) is 5.56 Å². The maximum absolute atomic E-state index is 12.7. The highest BCUT2D eigenvalue weighted by Gasteiger charge is 2.14. The summed E-state index contributed by atoms with van der Waals surface area (Å²) in [5.41, 5.74) is 5.31. The summed E-state index contributed by atoms with van der Waals surface area (Å²) >= 11 is 4.85. The van der Waals surface area contributed by atoms with Crippen LogP contribution in [0.2, 0.25) is 0 Å². The minimum Gasteiger partial charge on any atom is -0.322 e. The van der Waals surface area contributed by atoms with Crippen LogP contribution in [0.5, 0.6) is 0 Å². The van der Waals surface area contributed by atoms with Crippen molar-refractivity contribution in [3.05, 3.63) is 55.9 Å². The molecule has 4 aromatic rings. The van der Waals surface area contributed by atoms with Gasteiger partial charge in [0, 0.05) is 21.7 Å². The summed E-state index contributed by atoms with van der Waals surface area (Å²) in [6, 6.07) is 5.69. The zero-order valence-electron chi connectivity index (χ0n) is 12.9. The van der Waals surface area contributed by atoms with Gasteiger partial charge < -0.3 is 4.98 Å². The molecule has 1 aromatic carbocycles.